The van der Waals surface area contributed by atoms with Crippen LogP contribution in [0.1, 0.15) is 5.56 Å². The number of thiophene rings is 1. The highest BCUT2D eigenvalue weighted by Crippen LogP contribution is 2.37. The first-order valence-corrected chi connectivity index (χ1v) is 10.4. The summed E-state index contributed by atoms with van der Waals surface area (Å²) >= 11 is 2.87. The second kappa shape index (κ2) is 8.08. The zero-order valence-corrected chi connectivity index (χ0v) is 16.6. The Balaban J connectivity index is 1.57. The maximum absolute atomic E-state index is 13.7. The molecule has 2 aromatic carbocycles. The smallest absolute Gasteiger partial charge is 0.234 e. The van der Waals surface area contributed by atoms with Crippen molar-refractivity contribution in [3.05, 3.63) is 71.6 Å². The molecule has 0 aliphatic rings. The van der Waals surface area contributed by atoms with E-state index in [0.29, 0.717) is 0 Å². The number of hydrogen-bond donors (Lipinski definition) is 1. The van der Waals surface area contributed by atoms with Gasteiger partial charge in [0.2, 0.25) is 5.91 Å². The minimum absolute atomic E-state index is 0.129. The second-order valence-corrected chi connectivity index (χ2v) is 8.01. The first-order chi connectivity index (χ1) is 13.6. The van der Waals surface area contributed by atoms with Gasteiger partial charge in [-0.15, -0.1) is 11.3 Å². The summed E-state index contributed by atoms with van der Waals surface area (Å²) < 4.78 is 13.7. The van der Waals surface area contributed by atoms with Crippen molar-refractivity contribution in [2.45, 2.75) is 11.9 Å². The van der Waals surface area contributed by atoms with Crippen LogP contribution in [0.5, 0.6) is 0 Å². The molecule has 0 spiro atoms. The molecule has 0 aliphatic carbocycles. The minimum atomic E-state index is -0.454. The fraction of sp³-hybridized carbons (Fsp3) is 0.0952. The zero-order chi connectivity index (χ0) is 19.5. The average Bonchev–Trinajstić information content (AvgIpc) is 3.13. The van der Waals surface area contributed by atoms with Gasteiger partial charge in [0.15, 0.2) is 0 Å². The van der Waals surface area contributed by atoms with Crippen LogP contribution in [0.3, 0.4) is 0 Å². The van der Waals surface area contributed by atoms with Crippen molar-refractivity contribution < 1.29 is 9.18 Å². The SMILES string of the molecule is Cc1ccc(-c2csc3ncnc(SCC(=O)Nc4ccccc4F)c23)cc1. The van der Waals surface area contributed by atoms with Crippen molar-refractivity contribution in [1.29, 1.82) is 0 Å². The van der Waals surface area contributed by atoms with Crippen LogP contribution in [0.25, 0.3) is 21.3 Å². The fourth-order valence-electron chi connectivity index (χ4n) is 2.79. The zero-order valence-electron chi connectivity index (χ0n) is 15.0. The summed E-state index contributed by atoms with van der Waals surface area (Å²) in [6, 6.07) is 14.4. The molecule has 2 heterocycles. The summed E-state index contributed by atoms with van der Waals surface area (Å²) in [4.78, 5) is 21.9. The molecule has 2 aromatic heterocycles. The Morgan fingerprint density at radius 2 is 1.93 bits per heavy atom. The molecular weight excluding hydrogens is 393 g/mol. The van der Waals surface area contributed by atoms with E-state index in [9.17, 15) is 9.18 Å². The van der Waals surface area contributed by atoms with E-state index >= 15 is 0 Å². The number of hydrogen-bond acceptors (Lipinski definition) is 5. The molecule has 0 saturated heterocycles. The molecule has 7 heteroatoms. The number of aryl methyl sites for hydroxylation is 1. The third-order valence-corrected chi connectivity index (χ3v) is 6.06. The van der Waals surface area contributed by atoms with Crippen molar-refractivity contribution in [3.63, 3.8) is 0 Å². The maximum Gasteiger partial charge on any atom is 0.234 e. The molecule has 1 amide bonds. The summed E-state index contributed by atoms with van der Waals surface area (Å²) in [6.45, 7) is 2.05. The Kier molecular flexibility index (Phi) is 5.36. The molecule has 4 nitrogen and oxygen atoms in total. The van der Waals surface area contributed by atoms with Gasteiger partial charge in [0, 0.05) is 10.9 Å². The lowest BCUT2D eigenvalue weighted by molar-refractivity contribution is -0.113. The molecule has 4 rings (SSSR count). The molecule has 4 aromatic rings. The van der Waals surface area contributed by atoms with E-state index in [1.807, 2.05) is 6.92 Å². The molecular formula is C21H16FN3OS2. The van der Waals surface area contributed by atoms with Crippen molar-refractivity contribution in [3.8, 4) is 11.1 Å². The molecule has 140 valence electrons. The van der Waals surface area contributed by atoms with Crippen molar-refractivity contribution >= 4 is 44.9 Å². The molecule has 0 saturated carbocycles. The highest BCUT2D eigenvalue weighted by Gasteiger charge is 2.15. The van der Waals surface area contributed by atoms with Gasteiger partial charge in [-0.05, 0) is 24.6 Å². The Morgan fingerprint density at radius 1 is 1.14 bits per heavy atom. The largest absolute Gasteiger partial charge is 0.323 e. The molecule has 1 N–H and O–H groups in total. The van der Waals surface area contributed by atoms with Crippen molar-refractivity contribution in [1.82, 2.24) is 9.97 Å². The van der Waals surface area contributed by atoms with E-state index in [1.165, 1.54) is 35.8 Å². The number of nitrogens with one attached hydrogen (secondary N) is 1. The van der Waals surface area contributed by atoms with Crippen LogP contribution < -0.4 is 5.32 Å². The van der Waals surface area contributed by atoms with Crippen LogP contribution in [-0.4, -0.2) is 21.6 Å². The molecule has 0 unspecified atom stereocenters. The number of carbonyl (C=O) groups is 1. The van der Waals surface area contributed by atoms with E-state index in [-0.39, 0.29) is 17.3 Å². The molecule has 0 bridgehead atoms. The van der Waals surface area contributed by atoms with Gasteiger partial charge in [-0.2, -0.15) is 0 Å². The lowest BCUT2D eigenvalue weighted by Crippen LogP contribution is -2.15. The first kappa shape index (κ1) is 18.6. The standard InChI is InChI=1S/C21H16FN3OS2/c1-13-6-8-14(9-7-13)15-10-27-20-19(15)21(24-12-23-20)28-11-18(26)25-17-5-3-2-4-16(17)22/h2-10,12H,11H2,1H3,(H,25,26). The Hall–Kier alpha value is -2.77. The number of carbonyl (C=O) groups excluding carboxylic acids is 1. The summed E-state index contributed by atoms with van der Waals surface area (Å²) in [6.07, 6.45) is 1.51. The second-order valence-electron chi connectivity index (χ2n) is 6.19. The number of benzene rings is 2. The predicted molar refractivity (Wildman–Crippen MR) is 113 cm³/mol. The highest BCUT2D eigenvalue weighted by atomic mass is 32.2. The van der Waals surface area contributed by atoms with Crippen LogP contribution in [0, 0.1) is 12.7 Å². The van der Waals surface area contributed by atoms with Gasteiger partial charge >= 0.3 is 0 Å². The number of anilines is 1. The molecule has 28 heavy (non-hydrogen) atoms. The van der Waals surface area contributed by atoms with Gasteiger partial charge in [-0.3, -0.25) is 4.79 Å². The lowest BCUT2D eigenvalue weighted by Gasteiger charge is -2.07. The van der Waals surface area contributed by atoms with Gasteiger partial charge in [-0.25, -0.2) is 14.4 Å². The van der Waals surface area contributed by atoms with E-state index in [1.54, 1.807) is 23.5 Å². The predicted octanol–water partition coefficient (Wildman–Crippen LogP) is 5.54. The monoisotopic (exact) mass is 409 g/mol. The van der Waals surface area contributed by atoms with Crippen LogP contribution in [0.4, 0.5) is 10.1 Å². The van der Waals surface area contributed by atoms with Crippen LogP contribution in [-0.2, 0) is 4.79 Å². The Labute approximate surface area is 169 Å². The summed E-state index contributed by atoms with van der Waals surface area (Å²) in [5.74, 6) is -0.609. The van der Waals surface area contributed by atoms with Crippen LogP contribution in [0.2, 0.25) is 0 Å². The third-order valence-electron chi connectivity index (χ3n) is 4.19. The number of thioether (sulfide) groups is 1. The van der Waals surface area contributed by atoms with E-state index < -0.39 is 5.82 Å². The third kappa shape index (κ3) is 3.90. The van der Waals surface area contributed by atoms with E-state index in [0.717, 1.165) is 26.4 Å². The fourth-order valence-corrected chi connectivity index (χ4v) is 4.58. The minimum Gasteiger partial charge on any atom is -0.323 e. The van der Waals surface area contributed by atoms with Crippen LogP contribution in [0.15, 0.2) is 65.3 Å². The molecule has 0 aliphatic heterocycles. The number of halogens is 1. The van der Waals surface area contributed by atoms with Gasteiger partial charge in [0.1, 0.15) is 22.0 Å². The van der Waals surface area contributed by atoms with Gasteiger partial charge < -0.3 is 5.32 Å². The topological polar surface area (TPSA) is 54.9 Å². The lowest BCUT2D eigenvalue weighted by atomic mass is 10.1. The summed E-state index contributed by atoms with van der Waals surface area (Å²) in [7, 11) is 0. The number of amides is 1. The number of rotatable bonds is 5. The van der Waals surface area contributed by atoms with Crippen molar-refractivity contribution in [2.75, 3.05) is 11.1 Å². The summed E-state index contributed by atoms with van der Waals surface area (Å²) in [5.41, 5.74) is 3.51. The molecule has 0 fully saturated rings. The Bertz CT molecular complexity index is 1140. The maximum atomic E-state index is 13.7. The summed E-state index contributed by atoms with van der Waals surface area (Å²) in [5, 5.41) is 6.35. The van der Waals surface area contributed by atoms with Crippen molar-refractivity contribution in [2.24, 2.45) is 0 Å². The van der Waals surface area contributed by atoms with E-state index in [4.69, 9.17) is 0 Å². The molecule has 0 radical (unpaired) electrons. The van der Waals surface area contributed by atoms with E-state index in [2.05, 4.69) is 44.9 Å². The van der Waals surface area contributed by atoms with Gasteiger partial charge in [-0.1, -0.05) is 53.7 Å². The quantitative estimate of drug-likeness (QED) is 0.347. The first-order valence-electron chi connectivity index (χ1n) is 8.58. The van der Waals surface area contributed by atoms with Gasteiger partial charge in [0.25, 0.3) is 0 Å². The number of aromatic nitrogens is 2. The normalized spacial score (nSPS) is 10.9. The number of fused-ring (bicyclic) bond motifs is 1. The average molecular weight is 410 g/mol. The highest BCUT2D eigenvalue weighted by molar-refractivity contribution is 8.00. The molecule has 0 atom stereocenters. The van der Waals surface area contributed by atoms with Gasteiger partial charge in [0.05, 0.1) is 16.8 Å². The number of para-hydroxylation sites is 1. The Morgan fingerprint density at radius 3 is 2.71 bits per heavy atom. The number of nitrogens with zero attached hydrogens (tertiary/aromatic N) is 2. The van der Waals surface area contributed by atoms with Crippen LogP contribution >= 0.6 is 23.1 Å².